The second-order valence-electron chi connectivity index (χ2n) is 4.62. The van der Waals surface area contributed by atoms with Crippen molar-refractivity contribution in [3.05, 3.63) is 36.5 Å². The molecule has 0 radical (unpaired) electrons. The Labute approximate surface area is 99.0 Å². The lowest BCUT2D eigenvalue weighted by Crippen LogP contribution is -2.50. The van der Waals surface area contributed by atoms with Crippen molar-refractivity contribution in [1.82, 2.24) is 5.32 Å². The van der Waals surface area contributed by atoms with Crippen molar-refractivity contribution in [2.75, 3.05) is 0 Å². The number of amides is 1. The lowest BCUT2D eigenvalue weighted by Gasteiger charge is -2.37. The molecule has 4 nitrogen and oxygen atoms in total. The standard InChI is InChI=1S/C13H13NO3/c1-8(15)17-13-7-3-2-4-9-5-6-10(13)14-12(16)11(9)13/h2-7,9-11H,1H3,(H,14,16)/t9-,10-,11-,13+/m1/s1. The molecule has 1 saturated heterocycles. The van der Waals surface area contributed by atoms with Gasteiger partial charge in [-0.3, -0.25) is 9.59 Å². The number of nitrogens with one attached hydrogen (secondary N) is 1. The summed E-state index contributed by atoms with van der Waals surface area (Å²) in [6.07, 6.45) is 11.4. The molecule has 0 spiro atoms. The largest absolute Gasteiger partial charge is 0.452 e. The average molecular weight is 231 g/mol. The van der Waals surface area contributed by atoms with Crippen LogP contribution in [0.3, 0.4) is 0 Å². The Morgan fingerprint density at radius 1 is 1.35 bits per heavy atom. The molecule has 4 bridgehead atoms. The van der Waals surface area contributed by atoms with Crippen LogP contribution in [-0.2, 0) is 14.3 Å². The predicted octanol–water partition coefficient (Wildman–Crippen LogP) is 0.715. The Hall–Kier alpha value is -1.84. The van der Waals surface area contributed by atoms with E-state index in [1.165, 1.54) is 6.92 Å². The normalized spacial score (nSPS) is 41.0. The van der Waals surface area contributed by atoms with Gasteiger partial charge in [-0.05, 0) is 6.08 Å². The fraction of sp³-hybridized carbons (Fsp3) is 0.385. The van der Waals surface area contributed by atoms with Crippen molar-refractivity contribution in [2.24, 2.45) is 11.8 Å². The zero-order chi connectivity index (χ0) is 12.0. The molecule has 4 atom stereocenters. The Bertz CT molecular complexity index is 477. The third-order valence-electron chi connectivity index (χ3n) is 3.58. The lowest BCUT2D eigenvalue weighted by molar-refractivity contribution is -0.157. The molecule has 3 rings (SSSR count). The highest BCUT2D eigenvalue weighted by atomic mass is 16.6. The summed E-state index contributed by atoms with van der Waals surface area (Å²) in [6.45, 7) is 1.37. The van der Waals surface area contributed by atoms with Gasteiger partial charge < -0.3 is 10.1 Å². The Kier molecular flexibility index (Phi) is 2.02. The van der Waals surface area contributed by atoms with Gasteiger partial charge in [0.1, 0.15) is 0 Å². The molecule has 1 aliphatic heterocycles. The maximum Gasteiger partial charge on any atom is 0.303 e. The number of hydrogen-bond acceptors (Lipinski definition) is 3. The van der Waals surface area contributed by atoms with E-state index in [4.69, 9.17) is 4.74 Å². The lowest BCUT2D eigenvalue weighted by atomic mass is 9.73. The molecular formula is C13H13NO3. The van der Waals surface area contributed by atoms with E-state index in [0.29, 0.717) is 0 Å². The van der Waals surface area contributed by atoms with Gasteiger partial charge >= 0.3 is 5.97 Å². The first kappa shape index (κ1) is 10.3. The van der Waals surface area contributed by atoms with Crippen LogP contribution < -0.4 is 5.32 Å². The minimum atomic E-state index is -0.855. The van der Waals surface area contributed by atoms with Gasteiger partial charge in [0.05, 0.1) is 12.0 Å². The zero-order valence-electron chi connectivity index (χ0n) is 9.42. The number of rotatable bonds is 1. The van der Waals surface area contributed by atoms with E-state index < -0.39 is 5.60 Å². The van der Waals surface area contributed by atoms with Crippen LogP contribution in [0.5, 0.6) is 0 Å². The van der Waals surface area contributed by atoms with Crippen LogP contribution >= 0.6 is 0 Å². The Morgan fingerprint density at radius 2 is 2.18 bits per heavy atom. The molecule has 0 aromatic heterocycles. The molecule has 1 amide bonds. The smallest absolute Gasteiger partial charge is 0.303 e. The quantitative estimate of drug-likeness (QED) is 0.534. The van der Waals surface area contributed by atoms with Gasteiger partial charge in [0.15, 0.2) is 5.60 Å². The van der Waals surface area contributed by atoms with E-state index in [9.17, 15) is 9.59 Å². The maximum absolute atomic E-state index is 12.0. The minimum absolute atomic E-state index is 0.0110. The molecule has 2 aliphatic carbocycles. The number of allylic oxidation sites excluding steroid dienone is 4. The number of esters is 1. The third kappa shape index (κ3) is 1.30. The molecule has 0 unspecified atom stereocenters. The summed E-state index contributed by atoms with van der Waals surface area (Å²) in [5.41, 5.74) is -0.855. The van der Waals surface area contributed by atoms with E-state index in [1.807, 2.05) is 36.5 Å². The molecule has 1 fully saturated rings. The molecule has 0 saturated carbocycles. The van der Waals surface area contributed by atoms with Crippen molar-refractivity contribution in [3.63, 3.8) is 0 Å². The highest BCUT2D eigenvalue weighted by Gasteiger charge is 2.59. The van der Waals surface area contributed by atoms with Crippen molar-refractivity contribution < 1.29 is 14.3 Å². The molecule has 0 aromatic carbocycles. The van der Waals surface area contributed by atoms with Gasteiger partial charge in [-0.25, -0.2) is 0 Å². The summed E-state index contributed by atoms with van der Waals surface area (Å²) in [7, 11) is 0. The average Bonchev–Trinajstić information content (AvgIpc) is 2.39. The van der Waals surface area contributed by atoms with E-state index in [-0.39, 0.29) is 29.8 Å². The molecule has 3 aliphatic rings. The summed E-state index contributed by atoms with van der Waals surface area (Å²) in [6, 6.07) is -0.253. The molecule has 0 aromatic rings. The maximum atomic E-state index is 12.0. The third-order valence-corrected chi connectivity index (χ3v) is 3.58. The molecule has 88 valence electrons. The minimum Gasteiger partial charge on any atom is -0.452 e. The number of ether oxygens (including phenoxy) is 1. The van der Waals surface area contributed by atoms with Gasteiger partial charge in [-0.1, -0.05) is 30.4 Å². The molecule has 17 heavy (non-hydrogen) atoms. The van der Waals surface area contributed by atoms with Crippen LogP contribution in [0.2, 0.25) is 0 Å². The fourth-order valence-electron chi connectivity index (χ4n) is 2.97. The van der Waals surface area contributed by atoms with Crippen molar-refractivity contribution >= 4 is 11.9 Å². The summed E-state index contributed by atoms with van der Waals surface area (Å²) < 4.78 is 5.49. The molecule has 1 heterocycles. The first-order valence-corrected chi connectivity index (χ1v) is 5.68. The topological polar surface area (TPSA) is 55.4 Å². The summed E-state index contributed by atoms with van der Waals surface area (Å²) >= 11 is 0. The zero-order valence-corrected chi connectivity index (χ0v) is 9.42. The SMILES string of the molecule is CC(=O)O[C@@]12C=CC=C[C@@H]3C=C[C@H]1NC(=O)[C@@H]32. The van der Waals surface area contributed by atoms with E-state index in [0.717, 1.165) is 0 Å². The van der Waals surface area contributed by atoms with Gasteiger partial charge in [0.25, 0.3) is 0 Å². The van der Waals surface area contributed by atoms with Crippen LogP contribution in [0.1, 0.15) is 6.92 Å². The summed E-state index contributed by atoms with van der Waals surface area (Å²) in [5.74, 6) is -0.779. The number of carbonyl (C=O) groups is 2. The second kappa shape index (κ2) is 3.32. The van der Waals surface area contributed by atoms with Crippen molar-refractivity contribution in [1.29, 1.82) is 0 Å². The summed E-state index contributed by atoms with van der Waals surface area (Å²) in [5, 5.41) is 2.87. The van der Waals surface area contributed by atoms with E-state index >= 15 is 0 Å². The van der Waals surface area contributed by atoms with E-state index in [1.54, 1.807) is 0 Å². The van der Waals surface area contributed by atoms with E-state index in [2.05, 4.69) is 5.32 Å². The predicted molar refractivity (Wildman–Crippen MR) is 60.8 cm³/mol. The van der Waals surface area contributed by atoms with Gasteiger partial charge in [0, 0.05) is 12.8 Å². The van der Waals surface area contributed by atoms with Crippen molar-refractivity contribution in [3.8, 4) is 0 Å². The first-order valence-electron chi connectivity index (χ1n) is 5.68. The molecule has 1 N–H and O–H groups in total. The van der Waals surface area contributed by atoms with Crippen molar-refractivity contribution in [2.45, 2.75) is 18.6 Å². The second-order valence-corrected chi connectivity index (χ2v) is 4.62. The van der Waals surface area contributed by atoms with Crippen LogP contribution in [-0.4, -0.2) is 23.5 Å². The Balaban J connectivity index is 2.14. The van der Waals surface area contributed by atoms with Crippen LogP contribution in [0, 0.1) is 11.8 Å². The summed E-state index contributed by atoms with van der Waals surface area (Å²) in [4.78, 5) is 23.3. The van der Waals surface area contributed by atoms with Gasteiger partial charge in [-0.15, -0.1) is 0 Å². The number of carbonyl (C=O) groups excluding carboxylic acids is 2. The highest BCUT2D eigenvalue weighted by Crippen LogP contribution is 2.44. The molecule has 4 heteroatoms. The highest BCUT2D eigenvalue weighted by molar-refractivity contribution is 5.87. The Morgan fingerprint density at radius 3 is 2.94 bits per heavy atom. The van der Waals surface area contributed by atoms with Gasteiger partial charge in [0.2, 0.25) is 5.91 Å². The monoisotopic (exact) mass is 231 g/mol. The molecular weight excluding hydrogens is 218 g/mol. The van der Waals surface area contributed by atoms with Crippen LogP contribution in [0.15, 0.2) is 36.5 Å². The first-order chi connectivity index (χ1) is 8.13. The van der Waals surface area contributed by atoms with Crippen LogP contribution in [0.25, 0.3) is 0 Å². The van der Waals surface area contributed by atoms with Gasteiger partial charge in [-0.2, -0.15) is 0 Å². The van der Waals surface area contributed by atoms with Crippen LogP contribution in [0.4, 0.5) is 0 Å². The number of hydrogen-bond donors (Lipinski definition) is 1. The fourth-order valence-corrected chi connectivity index (χ4v) is 2.97.